The lowest BCUT2D eigenvalue weighted by Gasteiger charge is -2.19. The van der Waals surface area contributed by atoms with Crippen LogP contribution in [0.5, 0.6) is 5.75 Å². The van der Waals surface area contributed by atoms with E-state index in [2.05, 4.69) is 43.4 Å². The molecule has 5 heteroatoms. The summed E-state index contributed by atoms with van der Waals surface area (Å²) in [6.07, 6.45) is 0. The van der Waals surface area contributed by atoms with Gasteiger partial charge < -0.3 is 10.5 Å². The Morgan fingerprint density at radius 1 is 0.968 bits per heavy atom. The van der Waals surface area contributed by atoms with Gasteiger partial charge in [-0.2, -0.15) is 5.10 Å². The average molecular weight is 416 g/mol. The smallest absolute Gasteiger partial charge is 0.271 e. The highest BCUT2D eigenvalue weighted by atomic mass is 16.5. The van der Waals surface area contributed by atoms with Crippen molar-refractivity contribution >= 4 is 17.3 Å². The van der Waals surface area contributed by atoms with Crippen molar-refractivity contribution in [3.8, 4) is 5.75 Å². The largest absolute Gasteiger partial charge is 0.489 e. The molecule has 0 fully saturated rings. The zero-order chi connectivity index (χ0) is 22.4. The Balaban J connectivity index is 1.55. The molecule has 0 atom stereocenters. The highest BCUT2D eigenvalue weighted by Crippen LogP contribution is 2.24. The van der Waals surface area contributed by atoms with E-state index >= 15 is 0 Å². The lowest BCUT2D eigenvalue weighted by Crippen LogP contribution is -2.19. The van der Waals surface area contributed by atoms with Gasteiger partial charge in [0.25, 0.3) is 5.91 Å². The van der Waals surface area contributed by atoms with Gasteiger partial charge in [-0.25, -0.2) is 5.43 Å². The summed E-state index contributed by atoms with van der Waals surface area (Å²) in [4.78, 5) is 12.4. The van der Waals surface area contributed by atoms with Crippen molar-refractivity contribution in [2.24, 2.45) is 5.10 Å². The molecule has 0 aliphatic carbocycles. The van der Waals surface area contributed by atoms with Crippen molar-refractivity contribution in [2.45, 2.75) is 39.7 Å². The van der Waals surface area contributed by atoms with E-state index in [4.69, 9.17) is 10.5 Å². The summed E-state index contributed by atoms with van der Waals surface area (Å²) in [6, 6.07) is 22.8. The zero-order valence-corrected chi connectivity index (χ0v) is 18.5. The van der Waals surface area contributed by atoms with Gasteiger partial charge in [-0.1, -0.05) is 57.2 Å². The molecule has 0 aliphatic heterocycles. The Morgan fingerprint density at radius 3 is 2.26 bits per heavy atom. The van der Waals surface area contributed by atoms with Crippen LogP contribution in [0.3, 0.4) is 0 Å². The third-order valence-corrected chi connectivity index (χ3v) is 4.97. The van der Waals surface area contributed by atoms with E-state index < -0.39 is 0 Å². The molecule has 3 N–H and O–H groups in total. The number of amides is 1. The number of nitrogens with two attached hydrogens (primary N) is 1. The fourth-order valence-corrected chi connectivity index (χ4v) is 3.00. The predicted octanol–water partition coefficient (Wildman–Crippen LogP) is 5.30. The lowest BCUT2D eigenvalue weighted by atomic mass is 9.87. The van der Waals surface area contributed by atoms with Gasteiger partial charge in [-0.3, -0.25) is 4.79 Å². The van der Waals surface area contributed by atoms with Crippen LogP contribution in [0.15, 0.2) is 77.9 Å². The monoisotopic (exact) mass is 415 g/mol. The molecule has 0 heterocycles. The fourth-order valence-electron chi connectivity index (χ4n) is 3.00. The minimum absolute atomic E-state index is 0.117. The number of ether oxygens (including phenoxy) is 1. The quantitative estimate of drug-likeness (QED) is 0.326. The topological polar surface area (TPSA) is 76.7 Å². The summed E-state index contributed by atoms with van der Waals surface area (Å²) >= 11 is 0. The SMILES string of the molecule is C/C(=N\NC(=O)c1ccc(COc2ccc(C(C)(C)C)cc2)cc1)c1cccc(N)c1. The first-order chi connectivity index (χ1) is 14.7. The number of anilines is 1. The molecule has 31 heavy (non-hydrogen) atoms. The van der Waals surface area contributed by atoms with E-state index in [0.717, 1.165) is 16.9 Å². The van der Waals surface area contributed by atoms with E-state index in [1.54, 1.807) is 12.1 Å². The first-order valence-electron chi connectivity index (χ1n) is 10.3. The van der Waals surface area contributed by atoms with Crippen molar-refractivity contribution in [3.63, 3.8) is 0 Å². The molecule has 0 bridgehead atoms. The third-order valence-electron chi connectivity index (χ3n) is 4.97. The number of rotatable bonds is 6. The van der Waals surface area contributed by atoms with Crippen LogP contribution in [-0.4, -0.2) is 11.6 Å². The Labute approximate surface area is 183 Å². The van der Waals surface area contributed by atoms with Crippen LogP contribution in [0.1, 0.15) is 54.7 Å². The zero-order valence-electron chi connectivity index (χ0n) is 18.5. The number of carbonyl (C=O) groups excluding carboxylic acids is 1. The molecule has 0 aliphatic rings. The summed E-state index contributed by atoms with van der Waals surface area (Å²) in [5, 5.41) is 4.17. The summed E-state index contributed by atoms with van der Waals surface area (Å²) in [5.41, 5.74) is 13.5. The van der Waals surface area contributed by atoms with Gasteiger partial charge in [0, 0.05) is 11.3 Å². The number of benzene rings is 3. The first kappa shape index (κ1) is 22.1. The predicted molar refractivity (Wildman–Crippen MR) is 126 cm³/mol. The molecule has 5 nitrogen and oxygen atoms in total. The third kappa shape index (κ3) is 6.19. The fraction of sp³-hybridized carbons (Fsp3) is 0.231. The molecule has 0 unspecified atom stereocenters. The van der Waals surface area contributed by atoms with Crippen LogP contribution >= 0.6 is 0 Å². The molecule has 3 aromatic carbocycles. The van der Waals surface area contributed by atoms with Gasteiger partial charge in [0.15, 0.2) is 0 Å². The number of nitrogen functional groups attached to an aromatic ring is 1. The molecule has 0 saturated carbocycles. The van der Waals surface area contributed by atoms with Gasteiger partial charge in [0.1, 0.15) is 12.4 Å². The maximum atomic E-state index is 12.4. The molecular weight excluding hydrogens is 386 g/mol. The molecule has 160 valence electrons. The van der Waals surface area contributed by atoms with E-state index in [1.807, 2.05) is 55.5 Å². The van der Waals surface area contributed by atoms with Crippen molar-refractivity contribution in [1.82, 2.24) is 5.43 Å². The molecule has 3 rings (SSSR count). The standard InChI is InChI=1S/C26H29N3O2/c1-18(21-6-5-7-23(27)16-21)28-29-25(30)20-10-8-19(9-11-20)17-31-24-14-12-22(13-15-24)26(2,3)4/h5-16H,17,27H2,1-4H3,(H,29,30)/b28-18+. The summed E-state index contributed by atoms with van der Waals surface area (Å²) in [5.74, 6) is 0.551. The van der Waals surface area contributed by atoms with E-state index in [0.29, 0.717) is 23.6 Å². The van der Waals surface area contributed by atoms with Gasteiger partial charge >= 0.3 is 0 Å². The maximum Gasteiger partial charge on any atom is 0.271 e. The number of nitrogens with one attached hydrogen (secondary N) is 1. The highest BCUT2D eigenvalue weighted by Gasteiger charge is 2.13. The molecular formula is C26H29N3O2. The van der Waals surface area contributed by atoms with Crippen LogP contribution in [-0.2, 0) is 12.0 Å². The number of hydrazone groups is 1. The second-order valence-corrected chi connectivity index (χ2v) is 8.52. The normalized spacial score (nSPS) is 11.8. The summed E-state index contributed by atoms with van der Waals surface area (Å²) in [6.45, 7) is 8.81. The van der Waals surface area contributed by atoms with E-state index in [1.165, 1.54) is 5.56 Å². The van der Waals surface area contributed by atoms with Crippen molar-refractivity contribution < 1.29 is 9.53 Å². The molecule has 0 aromatic heterocycles. The Morgan fingerprint density at radius 2 is 1.65 bits per heavy atom. The average Bonchev–Trinajstić information content (AvgIpc) is 2.76. The maximum absolute atomic E-state index is 12.4. The molecule has 0 saturated heterocycles. The Kier molecular flexibility index (Phi) is 6.75. The summed E-state index contributed by atoms with van der Waals surface area (Å²) in [7, 11) is 0. The van der Waals surface area contributed by atoms with Crippen LogP contribution in [0.4, 0.5) is 5.69 Å². The van der Waals surface area contributed by atoms with Gasteiger partial charge in [-0.15, -0.1) is 0 Å². The molecule has 0 radical (unpaired) electrons. The van der Waals surface area contributed by atoms with E-state index in [-0.39, 0.29) is 11.3 Å². The first-order valence-corrected chi connectivity index (χ1v) is 10.3. The number of hydrogen-bond donors (Lipinski definition) is 2. The Hall–Kier alpha value is -3.60. The second kappa shape index (κ2) is 9.47. The van der Waals surface area contributed by atoms with Crippen LogP contribution < -0.4 is 15.9 Å². The lowest BCUT2D eigenvalue weighted by molar-refractivity contribution is 0.0955. The molecule has 1 amide bonds. The number of carbonyl (C=O) groups is 1. The molecule has 3 aromatic rings. The van der Waals surface area contributed by atoms with Crippen molar-refractivity contribution in [2.75, 3.05) is 5.73 Å². The van der Waals surface area contributed by atoms with Crippen molar-refractivity contribution in [3.05, 3.63) is 95.1 Å². The van der Waals surface area contributed by atoms with Gasteiger partial charge in [0.05, 0.1) is 5.71 Å². The molecule has 0 spiro atoms. The van der Waals surface area contributed by atoms with Crippen LogP contribution in [0.25, 0.3) is 0 Å². The van der Waals surface area contributed by atoms with Gasteiger partial charge in [-0.05, 0) is 65.4 Å². The minimum Gasteiger partial charge on any atom is -0.489 e. The second-order valence-electron chi connectivity index (χ2n) is 8.52. The number of hydrogen-bond acceptors (Lipinski definition) is 4. The van der Waals surface area contributed by atoms with E-state index in [9.17, 15) is 4.79 Å². The van der Waals surface area contributed by atoms with Gasteiger partial charge in [0.2, 0.25) is 0 Å². The minimum atomic E-state index is -0.270. The highest BCUT2D eigenvalue weighted by molar-refractivity contribution is 6.01. The Bertz CT molecular complexity index is 1060. The summed E-state index contributed by atoms with van der Waals surface area (Å²) < 4.78 is 5.87. The number of nitrogens with zero attached hydrogens (tertiary/aromatic N) is 1. The van der Waals surface area contributed by atoms with Crippen molar-refractivity contribution in [1.29, 1.82) is 0 Å². The van der Waals surface area contributed by atoms with Crippen LogP contribution in [0.2, 0.25) is 0 Å². The van der Waals surface area contributed by atoms with Crippen LogP contribution in [0, 0.1) is 0 Å².